The fourth-order valence-corrected chi connectivity index (χ4v) is 3.41. The Hall–Kier alpha value is -3.39. The summed E-state index contributed by atoms with van der Waals surface area (Å²) >= 11 is 1.05. The largest absolute Gasteiger partial charge is 0.493 e. The van der Waals surface area contributed by atoms with Gasteiger partial charge in [0.05, 0.1) is 12.9 Å². The highest BCUT2D eigenvalue weighted by Gasteiger charge is 2.12. The number of amides is 1. The van der Waals surface area contributed by atoms with E-state index in [2.05, 4.69) is 10.3 Å². The van der Waals surface area contributed by atoms with Crippen molar-refractivity contribution in [2.75, 3.05) is 18.2 Å². The first-order chi connectivity index (χ1) is 15.0. The van der Waals surface area contributed by atoms with Crippen molar-refractivity contribution in [3.8, 4) is 11.5 Å². The maximum atomic E-state index is 14.1. The van der Waals surface area contributed by atoms with E-state index < -0.39 is 5.82 Å². The molecule has 0 aliphatic carbocycles. The van der Waals surface area contributed by atoms with E-state index >= 15 is 0 Å². The normalized spacial score (nSPS) is 10.4. The lowest BCUT2D eigenvalue weighted by Gasteiger charge is -2.13. The van der Waals surface area contributed by atoms with Gasteiger partial charge in [-0.05, 0) is 37.3 Å². The molecule has 0 spiro atoms. The Morgan fingerprint density at radius 1 is 1.13 bits per heavy atom. The predicted octanol–water partition coefficient (Wildman–Crippen LogP) is 4.74. The lowest BCUT2D eigenvalue weighted by Crippen LogP contribution is -2.14. The number of rotatable bonds is 9. The van der Waals surface area contributed by atoms with Gasteiger partial charge in [0.25, 0.3) is 0 Å². The molecule has 0 saturated carbocycles. The van der Waals surface area contributed by atoms with Gasteiger partial charge in [0.2, 0.25) is 5.91 Å². The van der Waals surface area contributed by atoms with Crippen LogP contribution in [0.25, 0.3) is 0 Å². The number of ether oxygens (including phenoxy) is 2. The summed E-state index contributed by atoms with van der Waals surface area (Å²) in [6.45, 7) is 1.67. The number of carbonyl (C=O) groups is 2. The molecule has 3 aromatic rings. The molecule has 6 nitrogen and oxygen atoms in total. The second kappa shape index (κ2) is 10.6. The Labute approximate surface area is 183 Å². The zero-order chi connectivity index (χ0) is 22.2. The van der Waals surface area contributed by atoms with Crippen LogP contribution in [0.2, 0.25) is 0 Å². The van der Waals surface area contributed by atoms with Crippen LogP contribution in [-0.4, -0.2) is 29.5 Å². The molecule has 0 aliphatic heterocycles. The number of halogens is 1. The Morgan fingerprint density at radius 3 is 2.65 bits per heavy atom. The smallest absolute Gasteiger partial charge is 0.234 e. The van der Waals surface area contributed by atoms with Gasteiger partial charge in [-0.3, -0.25) is 14.6 Å². The van der Waals surface area contributed by atoms with Crippen LogP contribution in [0, 0.1) is 5.82 Å². The molecule has 0 bridgehead atoms. The van der Waals surface area contributed by atoms with Gasteiger partial charge in [-0.1, -0.05) is 12.1 Å². The van der Waals surface area contributed by atoms with Gasteiger partial charge in [-0.2, -0.15) is 0 Å². The Morgan fingerprint density at radius 2 is 1.97 bits per heavy atom. The lowest BCUT2D eigenvalue weighted by atomic mass is 10.1. The summed E-state index contributed by atoms with van der Waals surface area (Å²) < 4.78 is 25.2. The molecular formula is C23H21FN2O4S. The van der Waals surface area contributed by atoms with Crippen LogP contribution >= 0.6 is 11.8 Å². The van der Waals surface area contributed by atoms with Crippen molar-refractivity contribution in [2.24, 2.45) is 0 Å². The molecule has 0 atom stereocenters. The first kappa shape index (κ1) is 22.3. The van der Waals surface area contributed by atoms with Crippen LogP contribution < -0.4 is 14.8 Å². The quantitative estimate of drug-likeness (QED) is 0.383. The Bertz CT molecular complexity index is 1080. The van der Waals surface area contributed by atoms with Gasteiger partial charge in [0, 0.05) is 40.2 Å². The number of nitrogens with zero attached hydrogens (tertiary/aromatic N) is 1. The molecule has 1 amide bonds. The number of pyridine rings is 1. The average molecular weight is 440 g/mol. The lowest BCUT2D eigenvalue weighted by molar-refractivity contribution is -0.113. The van der Waals surface area contributed by atoms with Gasteiger partial charge < -0.3 is 14.8 Å². The number of anilines is 1. The summed E-state index contributed by atoms with van der Waals surface area (Å²) in [6.07, 6.45) is 3.39. The van der Waals surface area contributed by atoms with Crippen molar-refractivity contribution in [3.05, 3.63) is 77.9 Å². The molecule has 1 aromatic heterocycles. The molecule has 31 heavy (non-hydrogen) atoms. The van der Waals surface area contributed by atoms with E-state index in [1.807, 2.05) is 12.1 Å². The summed E-state index contributed by atoms with van der Waals surface area (Å²) in [5.74, 6) is -0.0286. The minimum absolute atomic E-state index is 0.00818. The molecule has 1 N–H and O–H groups in total. The van der Waals surface area contributed by atoms with Gasteiger partial charge in [-0.15, -0.1) is 11.8 Å². The number of methoxy groups -OCH3 is 1. The molecule has 160 valence electrons. The van der Waals surface area contributed by atoms with Crippen molar-refractivity contribution >= 4 is 29.1 Å². The topological polar surface area (TPSA) is 77.5 Å². The third-order valence-corrected chi connectivity index (χ3v) is 5.31. The van der Waals surface area contributed by atoms with E-state index in [0.717, 1.165) is 17.3 Å². The fraction of sp³-hybridized carbons (Fsp3) is 0.174. The second-order valence-electron chi connectivity index (χ2n) is 6.55. The van der Waals surface area contributed by atoms with E-state index in [9.17, 15) is 14.0 Å². The molecule has 0 fully saturated rings. The van der Waals surface area contributed by atoms with Gasteiger partial charge in [0.1, 0.15) is 12.4 Å². The molecule has 1 heterocycles. The number of aromatic nitrogens is 1. The standard InChI is InChI=1S/C23H21FN2O4S/c1-15(27)17-5-8-22(19(24)10-17)31-14-23(28)26-18-6-7-20(29-2)21(11-18)30-13-16-4-3-9-25-12-16/h3-12H,13-14H2,1-2H3,(H,26,28). The Balaban J connectivity index is 1.61. The number of ketones is 1. The van der Waals surface area contributed by atoms with E-state index in [1.165, 1.54) is 26.2 Å². The number of nitrogens with one attached hydrogen (secondary N) is 1. The monoisotopic (exact) mass is 440 g/mol. The Kier molecular flexibility index (Phi) is 7.61. The molecule has 0 saturated heterocycles. The van der Waals surface area contributed by atoms with Crippen LogP contribution in [0.4, 0.5) is 10.1 Å². The third kappa shape index (κ3) is 6.29. The van der Waals surface area contributed by atoms with Crippen molar-refractivity contribution in [1.82, 2.24) is 4.98 Å². The number of Topliss-reactive ketones (excluding diaryl/α,β-unsaturated/α-hetero) is 1. The highest BCUT2D eigenvalue weighted by atomic mass is 32.2. The van der Waals surface area contributed by atoms with E-state index in [4.69, 9.17) is 9.47 Å². The summed E-state index contributed by atoms with van der Waals surface area (Å²) in [6, 6.07) is 13.0. The molecule has 3 rings (SSSR count). The number of benzene rings is 2. The molecule has 0 radical (unpaired) electrons. The molecule has 0 unspecified atom stereocenters. The number of hydrogen-bond acceptors (Lipinski definition) is 6. The van der Waals surface area contributed by atoms with Crippen molar-refractivity contribution in [3.63, 3.8) is 0 Å². The second-order valence-corrected chi connectivity index (χ2v) is 7.57. The highest BCUT2D eigenvalue weighted by Crippen LogP contribution is 2.31. The first-order valence-electron chi connectivity index (χ1n) is 9.39. The van der Waals surface area contributed by atoms with Crippen LogP contribution in [0.5, 0.6) is 11.5 Å². The van der Waals surface area contributed by atoms with Crippen molar-refractivity contribution < 1.29 is 23.5 Å². The van der Waals surface area contributed by atoms with Gasteiger partial charge in [0.15, 0.2) is 17.3 Å². The highest BCUT2D eigenvalue weighted by molar-refractivity contribution is 8.00. The van der Waals surface area contributed by atoms with Crippen LogP contribution in [0.3, 0.4) is 0 Å². The molecular weight excluding hydrogens is 419 g/mol. The number of carbonyl (C=O) groups excluding carboxylic acids is 2. The third-order valence-electron chi connectivity index (χ3n) is 4.26. The summed E-state index contributed by atoms with van der Waals surface area (Å²) in [4.78, 5) is 28.0. The average Bonchev–Trinajstić information content (AvgIpc) is 2.77. The maximum Gasteiger partial charge on any atom is 0.234 e. The van der Waals surface area contributed by atoms with Gasteiger partial charge in [-0.25, -0.2) is 4.39 Å². The molecule has 2 aromatic carbocycles. The van der Waals surface area contributed by atoms with Crippen molar-refractivity contribution in [2.45, 2.75) is 18.4 Å². The maximum absolute atomic E-state index is 14.1. The fourth-order valence-electron chi connectivity index (χ4n) is 2.69. The van der Waals surface area contributed by atoms with Crippen LogP contribution in [-0.2, 0) is 11.4 Å². The summed E-state index contributed by atoms with van der Waals surface area (Å²) in [7, 11) is 1.53. The van der Waals surface area contributed by atoms with Crippen LogP contribution in [0.1, 0.15) is 22.8 Å². The predicted molar refractivity (Wildman–Crippen MR) is 117 cm³/mol. The minimum Gasteiger partial charge on any atom is -0.493 e. The number of thioether (sulfide) groups is 1. The summed E-state index contributed by atoms with van der Waals surface area (Å²) in [5.41, 5.74) is 1.72. The zero-order valence-corrected chi connectivity index (χ0v) is 17.9. The van der Waals surface area contributed by atoms with Gasteiger partial charge >= 0.3 is 0 Å². The SMILES string of the molecule is COc1ccc(NC(=O)CSc2ccc(C(C)=O)cc2F)cc1OCc1cccnc1. The number of hydrogen-bond donors (Lipinski definition) is 1. The van der Waals surface area contributed by atoms with Crippen molar-refractivity contribution in [1.29, 1.82) is 0 Å². The minimum atomic E-state index is -0.527. The molecule has 8 heteroatoms. The van der Waals surface area contributed by atoms with Crippen LogP contribution in [0.15, 0.2) is 65.8 Å². The summed E-state index contributed by atoms with van der Waals surface area (Å²) in [5, 5.41) is 2.77. The van der Waals surface area contributed by atoms with E-state index in [1.54, 1.807) is 36.7 Å². The first-order valence-corrected chi connectivity index (χ1v) is 10.4. The molecule has 0 aliphatic rings. The van der Waals surface area contributed by atoms with E-state index in [-0.39, 0.29) is 17.4 Å². The zero-order valence-electron chi connectivity index (χ0n) is 17.1. The van der Waals surface area contributed by atoms with E-state index in [0.29, 0.717) is 34.3 Å².